The summed E-state index contributed by atoms with van der Waals surface area (Å²) in [5, 5.41) is 6.22. The van der Waals surface area contributed by atoms with Gasteiger partial charge in [-0.3, -0.25) is 19.3 Å². The van der Waals surface area contributed by atoms with Crippen molar-refractivity contribution in [3.8, 4) is 11.8 Å². The fraction of sp³-hybridized carbons (Fsp3) is 0.912. The first-order chi connectivity index (χ1) is 30.5. The topological polar surface area (TPSA) is 134 Å². The van der Waals surface area contributed by atoms with Gasteiger partial charge in [-0.05, 0) is 131 Å². The van der Waals surface area contributed by atoms with Crippen LogP contribution in [0, 0.1) is 50.2 Å². The Balaban J connectivity index is -0.000000621. The van der Waals surface area contributed by atoms with Gasteiger partial charge in [0.05, 0.1) is 6.54 Å². The van der Waals surface area contributed by atoms with Crippen molar-refractivity contribution in [1.82, 2.24) is 20.4 Å². The van der Waals surface area contributed by atoms with Crippen LogP contribution in [0.1, 0.15) is 243 Å². The number of hydrogen-bond acceptors (Lipinski definition) is 6. The van der Waals surface area contributed by atoms with Gasteiger partial charge in [-0.1, -0.05) is 158 Å². The van der Waals surface area contributed by atoms with E-state index in [-0.39, 0.29) is 50.2 Å². The van der Waals surface area contributed by atoms with Crippen molar-refractivity contribution >= 4 is 17.7 Å². The molecular formula is C57H120N6O3. The molecule has 0 saturated carbocycles. The second kappa shape index (κ2) is 39.7. The Labute approximate surface area is 414 Å². The van der Waals surface area contributed by atoms with Crippen LogP contribution in [0.15, 0.2) is 0 Å². The molecule has 6 N–H and O–H groups in total. The van der Waals surface area contributed by atoms with Gasteiger partial charge in [-0.2, -0.15) is 0 Å². The summed E-state index contributed by atoms with van der Waals surface area (Å²) in [5.74, 6) is 7.44. The molecule has 0 radical (unpaired) electrons. The summed E-state index contributed by atoms with van der Waals surface area (Å²) in [7, 11) is 0. The highest BCUT2D eigenvalue weighted by molar-refractivity contribution is 5.78. The van der Waals surface area contributed by atoms with E-state index in [1.54, 1.807) is 0 Å². The van der Waals surface area contributed by atoms with E-state index in [9.17, 15) is 14.4 Å². The number of hydrogen-bond donors (Lipinski definition) is 4. The third-order valence-corrected chi connectivity index (χ3v) is 11.6. The zero-order chi connectivity index (χ0) is 52.8. The summed E-state index contributed by atoms with van der Waals surface area (Å²) in [5.41, 5.74) is 12.1. The molecule has 3 amide bonds. The first-order valence-corrected chi connectivity index (χ1v) is 26.9. The van der Waals surface area contributed by atoms with Crippen LogP contribution in [0.2, 0.25) is 0 Å². The van der Waals surface area contributed by atoms with E-state index in [4.69, 9.17) is 11.5 Å². The van der Waals surface area contributed by atoms with Gasteiger partial charge in [0.2, 0.25) is 17.7 Å². The number of carbonyl (C=O) groups excluding carboxylic acids is 3. The second-order valence-corrected chi connectivity index (χ2v) is 23.0. The summed E-state index contributed by atoms with van der Waals surface area (Å²) < 4.78 is 0. The molecule has 9 heteroatoms. The molecular weight excluding hydrogens is 817 g/mol. The number of carbonyl (C=O) groups is 3. The number of nitrogens with two attached hydrogens (primary N) is 2. The predicted octanol–water partition coefficient (Wildman–Crippen LogP) is 13.3. The summed E-state index contributed by atoms with van der Waals surface area (Å²) in [6.07, 6.45) is 11.3. The Kier molecular flexibility index (Phi) is 43.8. The maximum Gasteiger partial charge on any atom is 0.236 e. The first-order valence-electron chi connectivity index (χ1n) is 26.9. The van der Waals surface area contributed by atoms with Crippen LogP contribution < -0.4 is 22.1 Å². The molecule has 0 aliphatic carbocycles. The Bertz CT molecular complexity index is 1240. The molecule has 0 bridgehead atoms. The normalized spacial score (nSPS) is 11.9. The lowest BCUT2D eigenvalue weighted by atomic mass is 9.57. The number of nitrogens with zero attached hydrogens (tertiary/aromatic N) is 2. The Morgan fingerprint density at radius 3 is 1.45 bits per heavy atom. The maximum atomic E-state index is 13.5. The Morgan fingerprint density at radius 1 is 0.591 bits per heavy atom. The molecule has 0 rings (SSSR count). The molecule has 0 spiro atoms. The summed E-state index contributed by atoms with van der Waals surface area (Å²) in [4.78, 5) is 43.2. The van der Waals surface area contributed by atoms with E-state index in [1.807, 2.05) is 46.4 Å². The minimum Gasteiger partial charge on any atom is -0.356 e. The highest BCUT2D eigenvalue weighted by Crippen LogP contribution is 2.52. The van der Waals surface area contributed by atoms with Gasteiger partial charge < -0.3 is 27.0 Å². The van der Waals surface area contributed by atoms with Crippen LogP contribution >= 0.6 is 0 Å². The summed E-state index contributed by atoms with van der Waals surface area (Å²) in [6.45, 7) is 55.6. The largest absolute Gasteiger partial charge is 0.356 e. The highest BCUT2D eigenvalue weighted by Gasteiger charge is 2.43. The molecule has 0 aromatic heterocycles. The lowest BCUT2D eigenvalue weighted by Gasteiger charge is -2.48. The van der Waals surface area contributed by atoms with Crippen molar-refractivity contribution in [3.63, 3.8) is 0 Å². The van der Waals surface area contributed by atoms with Crippen LogP contribution in [0.3, 0.4) is 0 Å². The van der Waals surface area contributed by atoms with E-state index < -0.39 is 0 Å². The van der Waals surface area contributed by atoms with Gasteiger partial charge in [0.15, 0.2) is 0 Å². The number of unbranched alkanes of at least 4 members (excludes halogenated alkanes) is 1. The van der Waals surface area contributed by atoms with Gasteiger partial charge in [0.25, 0.3) is 0 Å². The van der Waals surface area contributed by atoms with Gasteiger partial charge in [-0.15, -0.1) is 5.92 Å². The number of nitrogens with one attached hydrogen (secondary N) is 2. The smallest absolute Gasteiger partial charge is 0.236 e. The lowest BCUT2D eigenvalue weighted by Crippen LogP contribution is -2.43. The van der Waals surface area contributed by atoms with Crippen LogP contribution in [0.25, 0.3) is 0 Å². The molecule has 396 valence electrons. The zero-order valence-corrected chi connectivity index (χ0v) is 48.9. The molecule has 0 aromatic carbocycles. The van der Waals surface area contributed by atoms with E-state index in [2.05, 4.69) is 145 Å². The molecule has 66 heavy (non-hydrogen) atoms. The molecule has 9 nitrogen and oxygen atoms in total. The minimum absolute atomic E-state index is 0.0118. The molecule has 0 atom stereocenters. The van der Waals surface area contributed by atoms with Crippen LogP contribution in [-0.2, 0) is 14.4 Å². The third kappa shape index (κ3) is 42.0. The molecule has 0 unspecified atom stereocenters. The lowest BCUT2D eigenvalue weighted by molar-refractivity contribution is -0.132. The van der Waals surface area contributed by atoms with Crippen molar-refractivity contribution in [2.75, 3.05) is 58.9 Å². The predicted molar refractivity (Wildman–Crippen MR) is 294 cm³/mol. The van der Waals surface area contributed by atoms with E-state index in [1.165, 1.54) is 6.42 Å². The monoisotopic (exact) mass is 937 g/mol. The van der Waals surface area contributed by atoms with Crippen molar-refractivity contribution in [2.24, 2.45) is 49.9 Å². The standard InChI is InChI=1S/C40H82N6O3.C11H20.3C2H6/c1-13-19-37(5,6)28-33(47)44-23-18-27-46(35(49)30-45(24-16-20-41)25-17-21-42)26-15-14-22-43-34(48)29-38(7,8)32-40(11,12)39(9,10)31-36(2,3)4;1-6-7-8-11(4,5)9-10(2)3;3*1-2/h13-32,41-42H2,1-12H3,(H,43,48)(H,44,47);10H,6,9H2,1-5H3;3*1-2H3. The summed E-state index contributed by atoms with van der Waals surface area (Å²) in [6, 6.07) is 0. The van der Waals surface area contributed by atoms with E-state index in [0.717, 1.165) is 76.8 Å². The quantitative estimate of drug-likeness (QED) is 0.0436. The summed E-state index contributed by atoms with van der Waals surface area (Å²) >= 11 is 0. The molecule has 0 aliphatic rings. The fourth-order valence-electron chi connectivity index (χ4n) is 8.93. The molecule has 0 aromatic rings. The van der Waals surface area contributed by atoms with E-state index >= 15 is 0 Å². The molecule has 0 saturated heterocycles. The maximum absolute atomic E-state index is 13.5. The average Bonchev–Trinajstić information content (AvgIpc) is 3.19. The van der Waals surface area contributed by atoms with Crippen LogP contribution in [0.5, 0.6) is 0 Å². The second-order valence-electron chi connectivity index (χ2n) is 23.0. The number of rotatable bonds is 29. The SMILES string of the molecule is CC.CC.CC.CCC#CC(C)(C)CC(C)C.CCCC(C)(C)CC(=O)NCCCN(CCCCNC(=O)CC(C)(C)CC(C)(C)C(C)(C)CC(C)(C)C)C(=O)CN(CCCN)CCCN. The average molecular weight is 938 g/mol. The molecule has 0 heterocycles. The van der Waals surface area contributed by atoms with E-state index in [0.29, 0.717) is 65.1 Å². The number of amides is 3. The van der Waals surface area contributed by atoms with Gasteiger partial charge >= 0.3 is 0 Å². The van der Waals surface area contributed by atoms with Crippen molar-refractivity contribution in [2.45, 2.75) is 243 Å². The van der Waals surface area contributed by atoms with Crippen molar-refractivity contribution < 1.29 is 14.4 Å². The Morgan fingerprint density at radius 2 is 1.03 bits per heavy atom. The molecule has 0 fully saturated rings. The fourth-order valence-corrected chi connectivity index (χ4v) is 8.93. The van der Waals surface area contributed by atoms with Crippen LogP contribution in [-0.4, -0.2) is 86.4 Å². The van der Waals surface area contributed by atoms with Crippen molar-refractivity contribution in [1.29, 1.82) is 0 Å². The van der Waals surface area contributed by atoms with Gasteiger partial charge in [0.1, 0.15) is 0 Å². The minimum atomic E-state index is -0.118. The van der Waals surface area contributed by atoms with Crippen molar-refractivity contribution in [3.05, 3.63) is 0 Å². The third-order valence-electron chi connectivity index (χ3n) is 11.6. The van der Waals surface area contributed by atoms with Gasteiger partial charge in [-0.25, -0.2) is 0 Å². The Hall–Kier alpha value is -2.15. The van der Waals surface area contributed by atoms with Gasteiger partial charge in [0, 0.05) is 50.9 Å². The first kappa shape index (κ1) is 72.8. The molecule has 0 aliphatic heterocycles. The van der Waals surface area contributed by atoms with Crippen LogP contribution in [0.4, 0.5) is 0 Å². The zero-order valence-electron chi connectivity index (χ0n) is 48.9. The highest BCUT2D eigenvalue weighted by atomic mass is 16.2.